The van der Waals surface area contributed by atoms with Crippen LogP contribution in [0, 0.1) is 5.41 Å². The SMILES string of the molecule is O=C(OCC1(COC(=O)c2ccccc2)Cc2ccccc2C1=O)c1ccccc1. The van der Waals surface area contributed by atoms with E-state index in [9.17, 15) is 14.4 Å². The number of esters is 2. The summed E-state index contributed by atoms with van der Waals surface area (Å²) < 4.78 is 11.0. The van der Waals surface area contributed by atoms with Gasteiger partial charge in [0.1, 0.15) is 18.6 Å². The lowest BCUT2D eigenvalue weighted by atomic mass is 9.85. The zero-order valence-electron chi connectivity index (χ0n) is 16.2. The van der Waals surface area contributed by atoms with Crippen LogP contribution in [0.1, 0.15) is 36.6 Å². The summed E-state index contributed by atoms with van der Waals surface area (Å²) in [7, 11) is 0. The van der Waals surface area contributed by atoms with Gasteiger partial charge in [-0.15, -0.1) is 0 Å². The third-order valence-corrected chi connectivity index (χ3v) is 5.25. The fourth-order valence-corrected chi connectivity index (χ4v) is 3.62. The number of hydrogen-bond donors (Lipinski definition) is 0. The third-order valence-electron chi connectivity index (χ3n) is 5.25. The van der Waals surface area contributed by atoms with Gasteiger partial charge in [-0.3, -0.25) is 4.79 Å². The third kappa shape index (κ3) is 3.87. The van der Waals surface area contributed by atoms with Gasteiger partial charge in [0.15, 0.2) is 5.78 Å². The van der Waals surface area contributed by atoms with Gasteiger partial charge in [-0.25, -0.2) is 9.59 Å². The summed E-state index contributed by atoms with van der Waals surface area (Å²) in [4.78, 5) is 38.1. The van der Waals surface area contributed by atoms with Crippen LogP contribution in [0.4, 0.5) is 0 Å². The molecule has 0 aromatic heterocycles. The molecule has 0 spiro atoms. The van der Waals surface area contributed by atoms with Gasteiger partial charge in [0.05, 0.1) is 11.1 Å². The van der Waals surface area contributed by atoms with Crippen LogP contribution in [-0.2, 0) is 15.9 Å². The van der Waals surface area contributed by atoms with E-state index in [1.165, 1.54) is 0 Å². The molecule has 0 atom stereocenters. The summed E-state index contributed by atoms with van der Waals surface area (Å²) in [5.74, 6) is -1.22. The molecule has 5 nitrogen and oxygen atoms in total. The molecule has 0 bridgehead atoms. The number of ketones is 1. The predicted molar refractivity (Wildman–Crippen MR) is 110 cm³/mol. The Morgan fingerprint density at radius 2 is 1.17 bits per heavy atom. The Bertz CT molecular complexity index is 1020. The smallest absolute Gasteiger partial charge is 0.338 e. The van der Waals surface area contributed by atoms with E-state index in [0.29, 0.717) is 23.1 Å². The average Bonchev–Trinajstić information content (AvgIpc) is 3.09. The molecule has 0 saturated heterocycles. The molecule has 5 heteroatoms. The van der Waals surface area contributed by atoms with E-state index < -0.39 is 17.4 Å². The predicted octanol–water partition coefficient (Wildman–Crippen LogP) is 4.13. The molecule has 3 aromatic rings. The lowest BCUT2D eigenvalue weighted by Gasteiger charge is -2.26. The molecular formula is C25H20O5. The van der Waals surface area contributed by atoms with Crippen molar-refractivity contribution in [2.75, 3.05) is 13.2 Å². The van der Waals surface area contributed by atoms with E-state index in [0.717, 1.165) is 5.56 Å². The molecular weight excluding hydrogens is 380 g/mol. The highest BCUT2D eigenvalue weighted by Gasteiger charge is 2.48. The first-order valence-electron chi connectivity index (χ1n) is 9.66. The van der Waals surface area contributed by atoms with Gasteiger partial charge < -0.3 is 9.47 Å². The van der Waals surface area contributed by atoms with Crippen molar-refractivity contribution in [1.29, 1.82) is 0 Å². The summed E-state index contributed by atoms with van der Waals surface area (Å²) in [6, 6.07) is 24.4. The molecule has 30 heavy (non-hydrogen) atoms. The average molecular weight is 400 g/mol. The Kier molecular flexibility index (Phi) is 5.44. The van der Waals surface area contributed by atoms with Gasteiger partial charge in [-0.05, 0) is 36.2 Å². The maximum Gasteiger partial charge on any atom is 0.338 e. The van der Waals surface area contributed by atoms with Gasteiger partial charge >= 0.3 is 11.9 Å². The van der Waals surface area contributed by atoms with E-state index in [1.807, 2.05) is 12.1 Å². The van der Waals surface area contributed by atoms with Crippen molar-refractivity contribution in [2.24, 2.45) is 5.41 Å². The van der Waals surface area contributed by atoms with Gasteiger partial charge in [-0.2, -0.15) is 0 Å². The van der Waals surface area contributed by atoms with Crippen molar-refractivity contribution in [3.8, 4) is 0 Å². The molecule has 0 fully saturated rings. The van der Waals surface area contributed by atoms with E-state index in [1.54, 1.807) is 72.8 Å². The summed E-state index contributed by atoms with van der Waals surface area (Å²) in [6.45, 7) is -0.341. The van der Waals surface area contributed by atoms with Gasteiger partial charge in [0.2, 0.25) is 0 Å². The van der Waals surface area contributed by atoms with Crippen molar-refractivity contribution >= 4 is 17.7 Å². The Morgan fingerprint density at radius 1 is 0.700 bits per heavy atom. The molecule has 1 aliphatic rings. The second kappa shape index (κ2) is 8.33. The molecule has 0 heterocycles. The van der Waals surface area contributed by atoms with Crippen molar-refractivity contribution in [3.05, 3.63) is 107 Å². The quantitative estimate of drug-likeness (QED) is 0.582. The largest absolute Gasteiger partial charge is 0.461 e. The maximum absolute atomic E-state index is 13.2. The second-order valence-corrected chi connectivity index (χ2v) is 7.33. The van der Waals surface area contributed by atoms with E-state index in [4.69, 9.17) is 9.47 Å². The number of ether oxygens (including phenoxy) is 2. The first-order valence-corrected chi connectivity index (χ1v) is 9.66. The van der Waals surface area contributed by atoms with Crippen molar-refractivity contribution in [3.63, 3.8) is 0 Å². The molecule has 0 N–H and O–H groups in total. The van der Waals surface area contributed by atoms with Gasteiger partial charge in [0.25, 0.3) is 0 Å². The number of Topliss-reactive ketones (excluding diaryl/α,β-unsaturated/α-hetero) is 1. The Balaban J connectivity index is 1.54. The molecule has 0 amide bonds. The molecule has 1 aliphatic carbocycles. The first kappa shape index (κ1) is 19.6. The van der Waals surface area contributed by atoms with Crippen molar-refractivity contribution in [1.82, 2.24) is 0 Å². The zero-order valence-corrected chi connectivity index (χ0v) is 16.2. The Hall–Kier alpha value is -3.73. The maximum atomic E-state index is 13.2. The molecule has 0 radical (unpaired) electrons. The number of rotatable bonds is 6. The minimum atomic E-state index is -1.14. The number of benzene rings is 3. The summed E-state index contributed by atoms with van der Waals surface area (Å²) in [5.41, 5.74) is 1.09. The molecule has 0 aliphatic heterocycles. The van der Waals surface area contributed by atoms with E-state index in [-0.39, 0.29) is 19.0 Å². The highest BCUT2D eigenvalue weighted by atomic mass is 16.5. The van der Waals surface area contributed by atoms with Crippen LogP contribution < -0.4 is 0 Å². The van der Waals surface area contributed by atoms with Crippen LogP contribution in [0.15, 0.2) is 84.9 Å². The molecule has 3 aromatic carbocycles. The lowest BCUT2D eigenvalue weighted by molar-refractivity contribution is 0.00275. The van der Waals surface area contributed by atoms with Crippen LogP contribution in [-0.4, -0.2) is 30.9 Å². The number of carbonyl (C=O) groups excluding carboxylic acids is 3. The number of fused-ring (bicyclic) bond motifs is 1. The minimum absolute atomic E-state index is 0.170. The fraction of sp³-hybridized carbons (Fsp3) is 0.160. The molecule has 4 rings (SSSR count). The highest BCUT2D eigenvalue weighted by Crippen LogP contribution is 2.38. The van der Waals surface area contributed by atoms with E-state index in [2.05, 4.69) is 0 Å². The first-order chi connectivity index (χ1) is 14.6. The van der Waals surface area contributed by atoms with Crippen LogP contribution in [0.2, 0.25) is 0 Å². The molecule has 0 saturated carbocycles. The lowest BCUT2D eigenvalue weighted by Crippen LogP contribution is -2.40. The normalized spacial score (nSPS) is 14.1. The monoisotopic (exact) mass is 400 g/mol. The van der Waals surface area contributed by atoms with Crippen molar-refractivity contribution in [2.45, 2.75) is 6.42 Å². The summed E-state index contributed by atoms with van der Waals surface area (Å²) >= 11 is 0. The highest BCUT2D eigenvalue weighted by molar-refractivity contribution is 6.05. The number of hydrogen-bond acceptors (Lipinski definition) is 5. The van der Waals surface area contributed by atoms with Crippen molar-refractivity contribution < 1.29 is 23.9 Å². The fourth-order valence-electron chi connectivity index (χ4n) is 3.62. The van der Waals surface area contributed by atoms with E-state index >= 15 is 0 Å². The van der Waals surface area contributed by atoms with Crippen LogP contribution in [0.5, 0.6) is 0 Å². The molecule has 150 valence electrons. The summed E-state index contributed by atoms with van der Waals surface area (Å²) in [6.07, 6.45) is 0.339. The van der Waals surface area contributed by atoms with Crippen LogP contribution >= 0.6 is 0 Å². The topological polar surface area (TPSA) is 69.7 Å². The zero-order chi connectivity index (χ0) is 21.0. The van der Waals surface area contributed by atoms with Crippen LogP contribution in [0.3, 0.4) is 0 Å². The summed E-state index contributed by atoms with van der Waals surface area (Å²) in [5, 5.41) is 0. The standard InChI is InChI=1S/C25H20O5/c26-22-21-14-8-7-13-20(21)15-25(22,16-29-23(27)18-9-3-1-4-10-18)17-30-24(28)19-11-5-2-6-12-19/h1-14H,15-17H2. The Labute approximate surface area is 174 Å². The number of carbonyl (C=O) groups is 3. The Morgan fingerprint density at radius 3 is 1.67 bits per heavy atom. The van der Waals surface area contributed by atoms with Crippen LogP contribution in [0.25, 0.3) is 0 Å². The second-order valence-electron chi connectivity index (χ2n) is 7.33. The molecule has 0 unspecified atom stereocenters. The minimum Gasteiger partial charge on any atom is -0.461 e. The van der Waals surface area contributed by atoms with Gasteiger partial charge in [0, 0.05) is 5.56 Å². The van der Waals surface area contributed by atoms with Gasteiger partial charge in [-0.1, -0.05) is 60.7 Å².